The van der Waals surface area contributed by atoms with Crippen molar-refractivity contribution < 1.29 is 9.21 Å². The highest BCUT2D eigenvalue weighted by molar-refractivity contribution is 5.96. The fourth-order valence-corrected chi connectivity index (χ4v) is 3.67. The molecule has 0 N–H and O–H groups in total. The van der Waals surface area contributed by atoms with Crippen molar-refractivity contribution in [1.29, 1.82) is 0 Å². The Morgan fingerprint density at radius 3 is 2.42 bits per heavy atom. The fourth-order valence-electron chi connectivity index (χ4n) is 3.67. The van der Waals surface area contributed by atoms with Crippen molar-refractivity contribution >= 4 is 22.7 Å². The molecular weight excluding hydrogens is 396 g/mol. The van der Waals surface area contributed by atoms with Crippen molar-refractivity contribution in [3.05, 3.63) is 76.4 Å². The Morgan fingerprint density at radius 2 is 1.71 bits per heavy atom. The van der Waals surface area contributed by atoms with Gasteiger partial charge in [0.05, 0.1) is 5.69 Å². The minimum absolute atomic E-state index is 0.0609. The molecule has 3 aromatic heterocycles. The smallest absolute Gasteiger partial charge is 0.349 e. The van der Waals surface area contributed by atoms with Crippen LogP contribution in [0.4, 0.5) is 5.82 Å². The Bertz CT molecular complexity index is 1300. The summed E-state index contributed by atoms with van der Waals surface area (Å²) in [5, 5.41) is 13.6. The third kappa shape index (κ3) is 3.65. The van der Waals surface area contributed by atoms with Crippen molar-refractivity contribution in [2.75, 3.05) is 31.1 Å². The van der Waals surface area contributed by atoms with Gasteiger partial charge in [-0.3, -0.25) is 4.79 Å². The Labute approximate surface area is 177 Å². The topological polar surface area (TPSA) is 97.4 Å². The molecule has 4 heterocycles. The zero-order valence-corrected chi connectivity index (χ0v) is 16.9. The molecule has 31 heavy (non-hydrogen) atoms. The Balaban J connectivity index is 1.27. The molecule has 0 aliphatic carbocycles. The van der Waals surface area contributed by atoms with Gasteiger partial charge in [-0.25, -0.2) is 9.48 Å². The Morgan fingerprint density at radius 1 is 0.968 bits per heavy atom. The number of nitrogens with zero attached hydrogens (tertiary/aromatic N) is 6. The first kappa shape index (κ1) is 19.0. The maximum absolute atomic E-state index is 12.9. The van der Waals surface area contributed by atoms with Gasteiger partial charge in [0.15, 0.2) is 11.6 Å². The van der Waals surface area contributed by atoms with Crippen LogP contribution in [-0.4, -0.2) is 57.0 Å². The second kappa shape index (κ2) is 7.67. The molecule has 1 aliphatic rings. The number of fused-ring (bicyclic) bond motifs is 1. The maximum atomic E-state index is 12.9. The van der Waals surface area contributed by atoms with Crippen LogP contribution in [-0.2, 0) is 0 Å². The number of aryl methyl sites for hydroxylation is 1. The first-order chi connectivity index (χ1) is 15.1. The summed E-state index contributed by atoms with van der Waals surface area (Å²) < 4.78 is 6.98. The van der Waals surface area contributed by atoms with Crippen LogP contribution in [0.2, 0.25) is 0 Å². The molecule has 1 saturated heterocycles. The molecule has 5 rings (SSSR count). The molecule has 4 aromatic rings. The van der Waals surface area contributed by atoms with E-state index in [1.165, 1.54) is 0 Å². The van der Waals surface area contributed by atoms with Gasteiger partial charge in [-0.05, 0) is 37.3 Å². The molecule has 9 nitrogen and oxygen atoms in total. The number of hydrogen-bond donors (Lipinski definition) is 0. The normalized spacial score (nSPS) is 14.2. The molecule has 0 radical (unpaired) electrons. The van der Waals surface area contributed by atoms with Crippen LogP contribution in [0.5, 0.6) is 0 Å². The first-order valence-corrected chi connectivity index (χ1v) is 10.0. The highest BCUT2D eigenvalue weighted by Gasteiger charge is 2.25. The van der Waals surface area contributed by atoms with E-state index in [4.69, 9.17) is 4.42 Å². The van der Waals surface area contributed by atoms with Gasteiger partial charge < -0.3 is 14.2 Å². The summed E-state index contributed by atoms with van der Waals surface area (Å²) in [5.74, 6) is 1.08. The zero-order valence-electron chi connectivity index (χ0n) is 16.9. The minimum atomic E-state index is -0.610. The van der Waals surface area contributed by atoms with Gasteiger partial charge in [0.2, 0.25) is 0 Å². The molecule has 1 aliphatic heterocycles. The lowest BCUT2D eigenvalue weighted by Crippen LogP contribution is -2.49. The van der Waals surface area contributed by atoms with Gasteiger partial charge >= 0.3 is 5.63 Å². The van der Waals surface area contributed by atoms with Crippen LogP contribution < -0.4 is 10.5 Å². The van der Waals surface area contributed by atoms with E-state index in [-0.39, 0.29) is 11.5 Å². The summed E-state index contributed by atoms with van der Waals surface area (Å²) in [4.78, 5) is 29.0. The van der Waals surface area contributed by atoms with Crippen molar-refractivity contribution in [1.82, 2.24) is 24.9 Å². The van der Waals surface area contributed by atoms with Crippen molar-refractivity contribution in [3.63, 3.8) is 0 Å². The van der Waals surface area contributed by atoms with E-state index >= 15 is 0 Å². The molecule has 156 valence electrons. The van der Waals surface area contributed by atoms with E-state index < -0.39 is 5.63 Å². The summed E-state index contributed by atoms with van der Waals surface area (Å²) in [7, 11) is 0. The Kier molecular flexibility index (Phi) is 4.70. The molecule has 0 bridgehead atoms. The van der Waals surface area contributed by atoms with Gasteiger partial charge in [0.1, 0.15) is 11.1 Å². The predicted molar refractivity (Wildman–Crippen MR) is 114 cm³/mol. The number of rotatable bonds is 3. The second-order valence-corrected chi connectivity index (χ2v) is 7.42. The fraction of sp³-hybridized carbons (Fsp3) is 0.227. The predicted octanol–water partition coefficient (Wildman–Crippen LogP) is 2.04. The van der Waals surface area contributed by atoms with E-state index in [0.29, 0.717) is 37.6 Å². The highest BCUT2D eigenvalue weighted by Crippen LogP contribution is 2.17. The van der Waals surface area contributed by atoms with Crippen LogP contribution in [0, 0.1) is 6.92 Å². The van der Waals surface area contributed by atoms with Gasteiger partial charge in [0.25, 0.3) is 5.91 Å². The Hall–Kier alpha value is -4.01. The molecule has 9 heteroatoms. The number of carbonyl (C=O) groups excluding carboxylic acids is 1. The quantitative estimate of drug-likeness (QED) is 0.472. The SMILES string of the molecule is Cc1ccn(-c2ccc(N3CCN(C(=O)c4cc5ccccc5oc4=O)CC3)nn2)n1. The molecule has 1 fully saturated rings. The summed E-state index contributed by atoms with van der Waals surface area (Å²) in [6, 6.07) is 14.4. The summed E-state index contributed by atoms with van der Waals surface area (Å²) in [6.07, 6.45) is 1.84. The number of carbonyl (C=O) groups is 1. The number of hydrogen-bond acceptors (Lipinski definition) is 7. The van der Waals surface area contributed by atoms with Gasteiger partial charge in [-0.2, -0.15) is 5.10 Å². The van der Waals surface area contributed by atoms with Gasteiger partial charge in [0, 0.05) is 37.8 Å². The van der Waals surface area contributed by atoms with Crippen LogP contribution >= 0.6 is 0 Å². The molecule has 1 aromatic carbocycles. The number of piperazine rings is 1. The average Bonchev–Trinajstić information content (AvgIpc) is 3.25. The standard InChI is InChI=1S/C22H20N6O3/c1-15-8-9-28(25-15)20-7-6-19(23-24-20)26-10-12-27(13-11-26)21(29)17-14-16-4-2-3-5-18(16)31-22(17)30/h2-9,14H,10-13H2,1H3. The van der Waals surface area contributed by atoms with Gasteiger partial charge in [-0.1, -0.05) is 18.2 Å². The number of benzene rings is 1. The third-order valence-corrected chi connectivity index (χ3v) is 5.36. The lowest BCUT2D eigenvalue weighted by atomic mass is 10.1. The molecular formula is C22H20N6O3. The van der Waals surface area contributed by atoms with Gasteiger partial charge in [-0.15, -0.1) is 10.2 Å². The van der Waals surface area contributed by atoms with Crippen molar-refractivity contribution in [2.24, 2.45) is 0 Å². The largest absolute Gasteiger partial charge is 0.422 e. The second-order valence-electron chi connectivity index (χ2n) is 7.42. The maximum Gasteiger partial charge on any atom is 0.349 e. The number of aromatic nitrogens is 4. The monoisotopic (exact) mass is 416 g/mol. The first-order valence-electron chi connectivity index (χ1n) is 10.0. The van der Waals surface area contributed by atoms with Crippen LogP contribution in [0.1, 0.15) is 16.1 Å². The highest BCUT2D eigenvalue weighted by atomic mass is 16.4. The van der Waals surface area contributed by atoms with Crippen LogP contribution in [0.15, 0.2) is 63.9 Å². The van der Waals surface area contributed by atoms with E-state index in [2.05, 4.69) is 20.2 Å². The van der Waals surface area contributed by atoms with Crippen molar-refractivity contribution in [2.45, 2.75) is 6.92 Å². The van der Waals surface area contributed by atoms with Crippen LogP contribution in [0.3, 0.4) is 0 Å². The molecule has 0 spiro atoms. The number of para-hydroxylation sites is 1. The molecule has 0 unspecified atom stereocenters. The number of amides is 1. The van der Waals surface area contributed by atoms with E-state index in [1.807, 2.05) is 43.5 Å². The van der Waals surface area contributed by atoms with E-state index in [9.17, 15) is 9.59 Å². The number of anilines is 1. The lowest BCUT2D eigenvalue weighted by molar-refractivity contribution is 0.0742. The lowest BCUT2D eigenvalue weighted by Gasteiger charge is -2.35. The third-order valence-electron chi connectivity index (χ3n) is 5.36. The van der Waals surface area contributed by atoms with Crippen molar-refractivity contribution in [3.8, 4) is 5.82 Å². The molecule has 0 atom stereocenters. The van der Waals surface area contributed by atoms with E-state index in [0.717, 1.165) is 16.9 Å². The summed E-state index contributed by atoms with van der Waals surface area (Å²) in [6.45, 7) is 4.07. The zero-order chi connectivity index (χ0) is 21.4. The average molecular weight is 416 g/mol. The van der Waals surface area contributed by atoms with E-state index in [1.54, 1.807) is 27.8 Å². The molecule has 1 amide bonds. The molecule has 0 saturated carbocycles. The minimum Gasteiger partial charge on any atom is -0.422 e. The summed E-state index contributed by atoms with van der Waals surface area (Å²) >= 11 is 0. The van der Waals surface area contributed by atoms with Crippen LogP contribution in [0.25, 0.3) is 16.8 Å². The summed E-state index contributed by atoms with van der Waals surface area (Å²) in [5.41, 5.74) is 0.834.